The predicted octanol–water partition coefficient (Wildman–Crippen LogP) is 3.04. The number of carbonyl (C=O) groups is 1. The van der Waals surface area contributed by atoms with Gasteiger partial charge in [-0.05, 0) is 31.1 Å². The Bertz CT molecular complexity index is 140. The van der Waals surface area contributed by atoms with E-state index in [0.29, 0.717) is 5.92 Å². The van der Waals surface area contributed by atoms with E-state index in [1.807, 2.05) is 0 Å². The molecule has 1 saturated carbocycles. The van der Waals surface area contributed by atoms with Crippen LogP contribution in [-0.4, -0.2) is 6.29 Å². The lowest BCUT2D eigenvalue weighted by Gasteiger charge is -2.17. The van der Waals surface area contributed by atoms with Gasteiger partial charge in [0.15, 0.2) is 0 Å². The van der Waals surface area contributed by atoms with Crippen LogP contribution in [0.25, 0.3) is 0 Å². The smallest absolute Gasteiger partial charge is 0.123 e. The Balaban J connectivity index is 2.38. The van der Waals surface area contributed by atoms with E-state index in [9.17, 15) is 4.79 Å². The van der Waals surface area contributed by atoms with E-state index in [0.717, 1.165) is 31.0 Å². The Morgan fingerprint density at radius 2 is 1.92 bits per heavy atom. The zero-order valence-corrected chi connectivity index (χ0v) is 8.25. The van der Waals surface area contributed by atoms with Gasteiger partial charge >= 0.3 is 0 Å². The molecule has 0 aliphatic heterocycles. The van der Waals surface area contributed by atoms with E-state index in [-0.39, 0.29) is 0 Å². The lowest BCUT2D eigenvalue weighted by atomic mass is 9.88. The van der Waals surface area contributed by atoms with Crippen LogP contribution in [0.5, 0.6) is 0 Å². The van der Waals surface area contributed by atoms with Crippen LogP contribution in [0.2, 0.25) is 0 Å². The zero-order chi connectivity index (χ0) is 8.97. The fraction of sp³-hybridized carbons (Fsp3) is 0.909. The second-order valence-electron chi connectivity index (χ2n) is 4.41. The van der Waals surface area contributed by atoms with Gasteiger partial charge in [0.2, 0.25) is 0 Å². The van der Waals surface area contributed by atoms with Crippen LogP contribution in [0.3, 0.4) is 0 Å². The van der Waals surface area contributed by atoms with E-state index in [1.54, 1.807) is 0 Å². The number of rotatable bonds is 2. The summed E-state index contributed by atoms with van der Waals surface area (Å²) < 4.78 is 0. The zero-order valence-electron chi connectivity index (χ0n) is 8.25. The second kappa shape index (κ2) is 4.64. The van der Waals surface area contributed by atoms with Gasteiger partial charge in [-0.25, -0.2) is 0 Å². The van der Waals surface area contributed by atoms with Crippen molar-refractivity contribution in [2.24, 2.45) is 17.8 Å². The van der Waals surface area contributed by atoms with Crippen molar-refractivity contribution in [2.45, 2.75) is 46.0 Å². The molecular weight excluding hydrogens is 148 g/mol. The summed E-state index contributed by atoms with van der Waals surface area (Å²) in [7, 11) is 0. The molecule has 2 unspecified atom stereocenters. The monoisotopic (exact) mass is 168 g/mol. The third-order valence-corrected chi connectivity index (χ3v) is 3.19. The molecule has 1 aliphatic carbocycles. The van der Waals surface area contributed by atoms with Gasteiger partial charge in [0.25, 0.3) is 0 Å². The lowest BCUT2D eigenvalue weighted by molar-refractivity contribution is -0.111. The Kier molecular flexibility index (Phi) is 3.77. The molecule has 1 rings (SSSR count). The van der Waals surface area contributed by atoms with Crippen LogP contribution in [0.4, 0.5) is 0 Å². The van der Waals surface area contributed by atoms with E-state index in [4.69, 9.17) is 0 Å². The first kappa shape index (κ1) is 9.76. The SMILES string of the molecule is CC(C)C1CCCC(C=O)CC1. The maximum absolute atomic E-state index is 10.6. The molecular formula is C11H20O. The fourth-order valence-corrected chi connectivity index (χ4v) is 2.16. The molecule has 1 fully saturated rings. The average Bonchev–Trinajstić information content (AvgIpc) is 2.28. The highest BCUT2D eigenvalue weighted by Gasteiger charge is 2.20. The van der Waals surface area contributed by atoms with Crippen molar-refractivity contribution in [3.63, 3.8) is 0 Å². The maximum Gasteiger partial charge on any atom is 0.123 e. The minimum atomic E-state index is 0.369. The molecule has 12 heavy (non-hydrogen) atoms. The summed E-state index contributed by atoms with van der Waals surface area (Å²) in [5.41, 5.74) is 0. The molecule has 0 aromatic heterocycles. The highest BCUT2D eigenvalue weighted by atomic mass is 16.1. The largest absolute Gasteiger partial charge is 0.303 e. The fourth-order valence-electron chi connectivity index (χ4n) is 2.16. The van der Waals surface area contributed by atoms with Crippen molar-refractivity contribution in [3.8, 4) is 0 Å². The Labute approximate surface area is 75.5 Å². The van der Waals surface area contributed by atoms with Gasteiger partial charge in [-0.1, -0.05) is 26.7 Å². The molecule has 0 aromatic rings. The molecule has 0 saturated heterocycles. The summed E-state index contributed by atoms with van der Waals surface area (Å²) >= 11 is 0. The predicted molar refractivity (Wildman–Crippen MR) is 51.0 cm³/mol. The molecule has 0 aromatic carbocycles. The normalized spacial score (nSPS) is 31.6. The van der Waals surface area contributed by atoms with Crippen molar-refractivity contribution in [1.29, 1.82) is 0 Å². The van der Waals surface area contributed by atoms with E-state index in [1.165, 1.54) is 19.3 Å². The van der Waals surface area contributed by atoms with Crippen molar-refractivity contribution in [2.75, 3.05) is 0 Å². The third-order valence-electron chi connectivity index (χ3n) is 3.19. The molecule has 70 valence electrons. The molecule has 1 aliphatic rings. The minimum Gasteiger partial charge on any atom is -0.303 e. The van der Waals surface area contributed by atoms with Gasteiger partial charge in [-0.2, -0.15) is 0 Å². The van der Waals surface area contributed by atoms with Gasteiger partial charge in [0.05, 0.1) is 0 Å². The first-order chi connectivity index (χ1) is 5.74. The van der Waals surface area contributed by atoms with Crippen LogP contribution in [0, 0.1) is 17.8 Å². The molecule has 1 nitrogen and oxygen atoms in total. The summed E-state index contributed by atoms with van der Waals surface area (Å²) in [5, 5.41) is 0. The third kappa shape index (κ3) is 2.62. The average molecular weight is 168 g/mol. The number of hydrogen-bond donors (Lipinski definition) is 0. The summed E-state index contributed by atoms with van der Waals surface area (Å²) in [6.45, 7) is 4.60. The molecule has 2 atom stereocenters. The van der Waals surface area contributed by atoms with Gasteiger partial charge < -0.3 is 4.79 Å². The highest BCUT2D eigenvalue weighted by molar-refractivity contribution is 5.53. The van der Waals surface area contributed by atoms with Crippen LogP contribution >= 0.6 is 0 Å². The van der Waals surface area contributed by atoms with Crippen molar-refractivity contribution >= 4 is 6.29 Å². The van der Waals surface area contributed by atoms with E-state index < -0.39 is 0 Å². The van der Waals surface area contributed by atoms with E-state index >= 15 is 0 Å². The van der Waals surface area contributed by atoms with Gasteiger partial charge in [-0.15, -0.1) is 0 Å². The quantitative estimate of drug-likeness (QED) is 0.457. The van der Waals surface area contributed by atoms with Crippen LogP contribution < -0.4 is 0 Å². The van der Waals surface area contributed by atoms with Gasteiger partial charge in [0, 0.05) is 5.92 Å². The van der Waals surface area contributed by atoms with Crippen LogP contribution in [0.15, 0.2) is 0 Å². The number of carbonyl (C=O) groups excluding carboxylic acids is 1. The first-order valence-corrected chi connectivity index (χ1v) is 5.19. The summed E-state index contributed by atoms with van der Waals surface area (Å²) in [5.74, 6) is 2.04. The molecule has 1 heteroatoms. The first-order valence-electron chi connectivity index (χ1n) is 5.19. The summed E-state index contributed by atoms with van der Waals surface area (Å²) in [4.78, 5) is 10.6. The van der Waals surface area contributed by atoms with Crippen LogP contribution in [0.1, 0.15) is 46.0 Å². The van der Waals surface area contributed by atoms with Crippen molar-refractivity contribution in [1.82, 2.24) is 0 Å². The molecule has 0 spiro atoms. The Hall–Kier alpha value is -0.330. The van der Waals surface area contributed by atoms with Crippen LogP contribution in [-0.2, 0) is 4.79 Å². The summed E-state index contributed by atoms with van der Waals surface area (Å²) in [6.07, 6.45) is 7.27. The Morgan fingerprint density at radius 3 is 2.50 bits per heavy atom. The Morgan fingerprint density at radius 1 is 1.17 bits per heavy atom. The molecule has 0 radical (unpaired) electrons. The van der Waals surface area contributed by atoms with Crippen molar-refractivity contribution in [3.05, 3.63) is 0 Å². The lowest BCUT2D eigenvalue weighted by Crippen LogP contribution is -2.07. The number of aldehydes is 1. The highest BCUT2D eigenvalue weighted by Crippen LogP contribution is 2.30. The molecule has 0 heterocycles. The minimum absolute atomic E-state index is 0.369. The number of hydrogen-bond acceptors (Lipinski definition) is 1. The molecule has 0 N–H and O–H groups in total. The van der Waals surface area contributed by atoms with Crippen molar-refractivity contribution < 1.29 is 4.79 Å². The second-order valence-corrected chi connectivity index (χ2v) is 4.41. The topological polar surface area (TPSA) is 17.1 Å². The standard InChI is InChI=1S/C11H20O/c1-9(2)11-5-3-4-10(8-12)6-7-11/h8-11H,3-7H2,1-2H3. The van der Waals surface area contributed by atoms with E-state index in [2.05, 4.69) is 13.8 Å². The molecule has 0 bridgehead atoms. The van der Waals surface area contributed by atoms with Gasteiger partial charge in [-0.3, -0.25) is 0 Å². The van der Waals surface area contributed by atoms with Gasteiger partial charge in [0.1, 0.15) is 6.29 Å². The summed E-state index contributed by atoms with van der Waals surface area (Å²) in [6, 6.07) is 0. The maximum atomic E-state index is 10.6. The molecule has 0 amide bonds.